The largest absolute Gasteiger partial charge is 0.325 e. The van der Waals surface area contributed by atoms with Gasteiger partial charge in [0.25, 0.3) is 0 Å². The fourth-order valence-electron chi connectivity index (χ4n) is 2.74. The predicted octanol–water partition coefficient (Wildman–Crippen LogP) is 4.36. The van der Waals surface area contributed by atoms with E-state index in [9.17, 15) is 0 Å². The minimum atomic E-state index is 0.619. The molecule has 24 heavy (non-hydrogen) atoms. The Kier molecular flexibility index (Phi) is 3.31. The van der Waals surface area contributed by atoms with Crippen LogP contribution in [0.15, 0.2) is 72.0 Å². The first-order chi connectivity index (χ1) is 11.6. The van der Waals surface area contributed by atoms with Crippen molar-refractivity contribution < 1.29 is 0 Å². The maximum absolute atomic E-state index is 4.75. The molecule has 0 spiro atoms. The molecule has 2 heterocycles. The maximum atomic E-state index is 4.75. The average molecular weight is 314 g/mol. The molecule has 1 N–H and O–H groups in total. The minimum Gasteiger partial charge on any atom is -0.325 e. The molecule has 1 aliphatic heterocycles. The van der Waals surface area contributed by atoms with Gasteiger partial charge in [0, 0.05) is 17.2 Å². The number of anilines is 1. The zero-order valence-electron chi connectivity index (χ0n) is 13.7. The third-order valence-electron chi connectivity index (χ3n) is 4.08. The Labute approximate surface area is 141 Å². The van der Waals surface area contributed by atoms with Gasteiger partial charge in [0.1, 0.15) is 11.6 Å². The normalized spacial score (nSPS) is 13.2. The highest BCUT2D eigenvalue weighted by Gasteiger charge is 2.20. The van der Waals surface area contributed by atoms with Crippen molar-refractivity contribution in [1.82, 2.24) is 9.78 Å². The van der Waals surface area contributed by atoms with E-state index in [4.69, 9.17) is 5.10 Å². The molecule has 0 unspecified atom stereocenters. The molecule has 0 fully saturated rings. The number of nitrogens with zero attached hydrogens (tertiary/aromatic N) is 3. The molecule has 0 amide bonds. The number of fused-ring (bicyclic) bond motifs is 1. The Balaban J connectivity index is 1.81. The Morgan fingerprint density at radius 2 is 1.46 bits per heavy atom. The van der Waals surface area contributed by atoms with Crippen LogP contribution in [0.3, 0.4) is 0 Å². The Hall–Kier alpha value is -3.14. The summed E-state index contributed by atoms with van der Waals surface area (Å²) in [5.41, 5.74) is 5.46. The number of aryl methyl sites for hydroxylation is 2. The van der Waals surface area contributed by atoms with Crippen LogP contribution in [0.1, 0.15) is 16.7 Å². The molecule has 4 rings (SSSR count). The topological polar surface area (TPSA) is 42.2 Å². The highest BCUT2D eigenvalue weighted by Crippen LogP contribution is 2.27. The van der Waals surface area contributed by atoms with Gasteiger partial charge in [-0.2, -0.15) is 9.78 Å². The summed E-state index contributed by atoms with van der Waals surface area (Å²) in [5, 5.41) is 7.94. The number of nitrogens with one attached hydrogen (secondary N) is 1. The summed E-state index contributed by atoms with van der Waals surface area (Å²) >= 11 is 0. The van der Waals surface area contributed by atoms with Gasteiger partial charge in [-0.25, -0.2) is 4.99 Å². The quantitative estimate of drug-likeness (QED) is 0.763. The van der Waals surface area contributed by atoms with Crippen LogP contribution in [0.5, 0.6) is 0 Å². The van der Waals surface area contributed by atoms with Crippen molar-refractivity contribution in [3.05, 3.63) is 83.7 Å². The van der Waals surface area contributed by atoms with E-state index in [2.05, 4.69) is 79.3 Å². The van der Waals surface area contributed by atoms with E-state index >= 15 is 0 Å². The van der Waals surface area contributed by atoms with Crippen molar-refractivity contribution in [2.24, 2.45) is 4.99 Å². The summed E-state index contributed by atoms with van der Waals surface area (Å²) in [6.07, 6.45) is 0. The molecule has 2 aromatic carbocycles. The summed E-state index contributed by atoms with van der Waals surface area (Å²) in [7, 11) is 0. The van der Waals surface area contributed by atoms with Gasteiger partial charge >= 0.3 is 0 Å². The fraction of sp³-hybridized carbons (Fsp3) is 0.100. The molecular formula is C20H18N4. The Morgan fingerprint density at radius 3 is 2.08 bits per heavy atom. The Bertz CT molecular complexity index is 944. The van der Waals surface area contributed by atoms with E-state index in [1.165, 1.54) is 11.1 Å². The molecular weight excluding hydrogens is 296 g/mol. The molecule has 1 aromatic heterocycles. The van der Waals surface area contributed by atoms with E-state index in [1.807, 2.05) is 10.7 Å². The summed E-state index contributed by atoms with van der Waals surface area (Å²) in [4.78, 5) is 4.56. The summed E-state index contributed by atoms with van der Waals surface area (Å²) in [6.45, 7) is 8.11. The summed E-state index contributed by atoms with van der Waals surface area (Å²) in [5.74, 6) is 2.28. The zero-order chi connectivity index (χ0) is 16.7. The maximum Gasteiger partial charge on any atom is 0.165 e. The number of hydrogen-bond donors (Lipinski definition) is 1. The molecule has 0 radical (unpaired) electrons. The van der Waals surface area contributed by atoms with Gasteiger partial charge in [0.2, 0.25) is 0 Å². The Morgan fingerprint density at radius 1 is 0.875 bits per heavy atom. The van der Waals surface area contributed by atoms with Crippen LogP contribution >= 0.6 is 0 Å². The number of aromatic nitrogens is 2. The first-order valence-electron chi connectivity index (χ1n) is 7.89. The lowest BCUT2D eigenvalue weighted by Gasteiger charge is -2.17. The van der Waals surface area contributed by atoms with Gasteiger partial charge in [0.15, 0.2) is 5.84 Å². The van der Waals surface area contributed by atoms with E-state index < -0.39 is 0 Å². The van der Waals surface area contributed by atoms with Crippen LogP contribution in [0.25, 0.3) is 11.3 Å². The number of rotatable bonds is 2. The van der Waals surface area contributed by atoms with Gasteiger partial charge < -0.3 is 5.32 Å². The smallest absolute Gasteiger partial charge is 0.165 e. The van der Waals surface area contributed by atoms with Crippen LogP contribution in [0, 0.1) is 13.8 Å². The third kappa shape index (κ3) is 2.52. The van der Waals surface area contributed by atoms with Crippen molar-refractivity contribution in [1.29, 1.82) is 0 Å². The van der Waals surface area contributed by atoms with Crippen LogP contribution < -0.4 is 5.32 Å². The lowest BCUT2D eigenvalue weighted by Crippen LogP contribution is -2.23. The lowest BCUT2D eigenvalue weighted by atomic mass is 10.1. The highest BCUT2D eigenvalue weighted by molar-refractivity contribution is 6.03. The molecule has 0 aliphatic carbocycles. The number of aliphatic imine (C=N–C) groups is 1. The van der Waals surface area contributed by atoms with Crippen molar-refractivity contribution in [3.63, 3.8) is 0 Å². The van der Waals surface area contributed by atoms with Gasteiger partial charge in [-0.1, -0.05) is 66.2 Å². The molecule has 0 saturated heterocycles. The van der Waals surface area contributed by atoms with Crippen molar-refractivity contribution >= 4 is 11.7 Å². The molecule has 0 saturated carbocycles. The SMILES string of the molecule is C=C1N=C(c2ccc(C)cc2)n2nc(-c3ccc(C)cc3)cc2N1. The van der Waals surface area contributed by atoms with Gasteiger partial charge in [-0.15, -0.1) is 0 Å². The van der Waals surface area contributed by atoms with Crippen LogP contribution in [0.4, 0.5) is 5.82 Å². The van der Waals surface area contributed by atoms with Gasteiger partial charge in [-0.3, -0.25) is 0 Å². The van der Waals surface area contributed by atoms with Crippen molar-refractivity contribution in [2.75, 3.05) is 5.32 Å². The highest BCUT2D eigenvalue weighted by atomic mass is 15.4. The second kappa shape index (κ2) is 5.49. The van der Waals surface area contributed by atoms with Gasteiger partial charge in [0.05, 0.1) is 5.69 Å². The lowest BCUT2D eigenvalue weighted by molar-refractivity contribution is 0.916. The van der Waals surface area contributed by atoms with Crippen LogP contribution in [-0.4, -0.2) is 15.6 Å². The van der Waals surface area contributed by atoms with E-state index in [0.717, 1.165) is 28.5 Å². The summed E-state index contributed by atoms with van der Waals surface area (Å²) < 4.78 is 1.84. The second-order valence-electron chi connectivity index (χ2n) is 6.07. The first-order valence-corrected chi connectivity index (χ1v) is 7.89. The molecule has 0 bridgehead atoms. The molecule has 4 nitrogen and oxygen atoms in total. The zero-order valence-corrected chi connectivity index (χ0v) is 13.7. The number of benzene rings is 2. The van der Waals surface area contributed by atoms with Crippen molar-refractivity contribution in [3.8, 4) is 11.3 Å². The van der Waals surface area contributed by atoms with Gasteiger partial charge in [-0.05, 0) is 13.8 Å². The molecule has 4 heteroatoms. The summed E-state index contributed by atoms with van der Waals surface area (Å²) in [6, 6.07) is 18.7. The fourth-order valence-corrected chi connectivity index (χ4v) is 2.74. The van der Waals surface area contributed by atoms with Crippen molar-refractivity contribution in [2.45, 2.75) is 13.8 Å². The van der Waals surface area contributed by atoms with Crippen LogP contribution in [-0.2, 0) is 0 Å². The minimum absolute atomic E-state index is 0.619. The molecule has 3 aromatic rings. The second-order valence-corrected chi connectivity index (χ2v) is 6.07. The standard InChI is InChI=1S/C20H18N4/c1-13-4-8-16(9-5-13)18-12-19-21-15(3)22-20(24(19)23-18)17-10-6-14(2)7-11-17/h4-12,21H,3H2,1-2H3. The molecule has 118 valence electrons. The third-order valence-corrected chi connectivity index (χ3v) is 4.08. The first kappa shape index (κ1) is 14.5. The van der Waals surface area contributed by atoms with E-state index in [1.54, 1.807) is 0 Å². The van der Waals surface area contributed by atoms with E-state index in [0.29, 0.717) is 5.82 Å². The average Bonchev–Trinajstić information content (AvgIpc) is 2.99. The number of hydrogen-bond acceptors (Lipinski definition) is 3. The van der Waals surface area contributed by atoms with E-state index in [-0.39, 0.29) is 0 Å². The van der Waals surface area contributed by atoms with Crippen LogP contribution in [0.2, 0.25) is 0 Å². The molecule has 1 aliphatic rings. The monoisotopic (exact) mass is 314 g/mol. The predicted molar refractivity (Wildman–Crippen MR) is 98.3 cm³/mol. The molecule has 0 atom stereocenters.